The van der Waals surface area contributed by atoms with Crippen molar-refractivity contribution in [2.75, 3.05) is 6.16 Å². The first-order valence-electron chi connectivity index (χ1n) is 4.64. The van der Waals surface area contributed by atoms with Crippen molar-refractivity contribution in [1.82, 2.24) is 0 Å². The van der Waals surface area contributed by atoms with E-state index in [1.54, 1.807) is 0 Å². The van der Waals surface area contributed by atoms with Gasteiger partial charge in [0.25, 0.3) is 0 Å². The smallest absolute Gasteiger partial charge is 0.0656 e. The Balaban J connectivity index is 4.07. The molecule has 0 aromatic heterocycles. The summed E-state index contributed by atoms with van der Waals surface area (Å²) in [6.07, 6.45) is 1.11. The molecule has 0 heterocycles. The van der Waals surface area contributed by atoms with Gasteiger partial charge in [-0.05, 0) is 24.4 Å². The van der Waals surface area contributed by atoms with Crippen LogP contribution in [0, 0.1) is 17.2 Å². The third-order valence-electron chi connectivity index (χ3n) is 2.03. The van der Waals surface area contributed by atoms with Crippen LogP contribution < -0.4 is 0 Å². The summed E-state index contributed by atoms with van der Waals surface area (Å²) in [5, 5.41) is 8.71. The van der Waals surface area contributed by atoms with Crippen LogP contribution in [0.5, 0.6) is 0 Å². The molecule has 12 heavy (non-hydrogen) atoms. The molecule has 0 unspecified atom stereocenters. The number of hydrogen-bond donors (Lipinski definition) is 0. The number of hydrogen-bond acceptors (Lipinski definition) is 1. The van der Waals surface area contributed by atoms with E-state index in [1.165, 1.54) is 0 Å². The molecule has 0 saturated carbocycles. The molecule has 2 heteroatoms. The zero-order chi connectivity index (χ0) is 9.72. The van der Waals surface area contributed by atoms with Gasteiger partial charge in [0.1, 0.15) is 0 Å². The topological polar surface area (TPSA) is 23.8 Å². The molecule has 0 aromatic carbocycles. The lowest BCUT2D eigenvalue weighted by Crippen LogP contribution is -2.10. The van der Waals surface area contributed by atoms with E-state index < -0.39 is 0 Å². The summed E-state index contributed by atoms with van der Waals surface area (Å²) in [6.45, 7) is 11.1. The Bertz CT molecular complexity index is 150. The van der Waals surface area contributed by atoms with Gasteiger partial charge in [0.15, 0.2) is 0 Å². The highest BCUT2D eigenvalue weighted by molar-refractivity contribution is 7.59. The Morgan fingerprint density at radius 1 is 1.08 bits per heavy atom. The van der Waals surface area contributed by atoms with E-state index in [0.29, 0.717) is 0 Å². The van der Waals surface area contributed by atoms with E-state index in [-0.39, 0.29) is 13.8 Å². The van der Waals surface area contributed by atoms with Gasteiger partial charge < -0.3 is 0 Å². The summed E-state index contributed by atoms with van der Waals surface area (Å²) >= 11 is 0. The van der Waals surface area contributed by atoms with Gasteiger partial charge in [-0.25, -0.2) is 0 Å². The summed E-state index contributed by atoms with van der Waals surface area (Å²) in [6, 6.07) is 2.32. The highest BCUT2D eigenvalue weighted by atomic mass is 31.1. The molecule has 1 atom stereocenters. The third-order valence-corrected chi connectivity index (χ3v) is 5.65. The van der Waals surface area contributed by atoms with Gasteiger partial charge in [-0.3, -0.25) is 0 Å². The van der Waals surface area contributed by atoms with Crippen LogP contribution in [0.4, 0.5) is 0 Å². The van der Waals surface area contributed by atoms with Crippen LogP contribution in [0.25, 0.3) is 0 Å². The molecule has 0 amide bonds. The van der Waals surface area contributed by atoms with Gasteiger partial charge >= 0.3 is 0 Å². The first-order valence-corrected chi connectivity index (χ1v) is 6.31. The second-order valence-electron chi connectivity index (χ2n) is 3.91. The number of nitriles is 1. The van der Waals surface area contributed by atoms with Crippen molar-refractivity contribution in [1.29, 1.82) is 5.26 Å². The maximum Gasteiger partial charge on any atom is 0.0656 e. The van der Waals surface area contributed by atoms with Crippen molar-refractivity contribution in [3.63, 3.8) is 0 Å². The van der Waals surface area contributed by atoms with Crippen LogP contribution in [0.15, 0.2) is 0 Å². The van der Waals surface area contributed by atoms with Crippen molar-refractivity contribution in [2.45, 2.75) is 45.9 Å². The molecule has 0 radical (unpaired) electrons. The Hall–Kier alpha value is -0.0800. The standard InChI is InChI=1S/C10H20NP/c1-8(2)12(9(3)4)7-10(5)6-11/h8-10H,7H2,1-5H3/t10-/m1/s1. The van der Waals surface area contributed by atoms with E-state index in [1.807, 2.05) is 6.92 Å². The first-order chi connectivity index (χ1) is 5.49. The Kier molecular flexibility index (Phi) is 5.51. The second-order valence-corrected chi connectivity index (χ2v) is 7.37. The maximum atomic E-state index is 8.71. The molecule has 0 bridgehead atoms. The van der Waals surface area contributed by atoms with Crippen molar-refractivity contribution in [3.05, 3.63) is 0 Å². The lowest BCUT2D eigenvalue weighted by atomic mass is 10.3. The fraction of sp³-hybridized carbons (Fsp3) is 0.900. The molecule has 0 aliphatic rings. The largest absolute Gasteiger partial charge is 0.198 e. The van der Waals surface area contributed by atoms with Gasteiger partial charge in [0.2, 0.25) is 0 Å². The van der Waals surface area contributed by atoms with Crippen LogP contribution in [0.2, 0.25) is 0 Å². The van der Waals surface area contributed by atoms with Crippen LogP contribution >= 0.6 is 7.92 Å². The number of rotatable bonds is 4. The van der Waals surface area contributed by atoms with E-state index in [0.717, 1.165) is 17.5 Å². The van der Waals surface area contributed by atoms with Gasteiger partial charge in [0.05, 0.1) is 6.07 Å². The molecular formula is C10H20NP. The quantitative estimate of drug-likeness (QED) is 0.615. The van der Waals surface area contributed by atoms with Crippen LogP contribution in [-0.4, -0.2) is 17.5 Å². The lowest BCUT2D eigenvalue weighted by Gasteiger charge is -2.26. The van der Waals surface area contributed by atoms with Crippen LogP contribution in [0.3, 0.4) is 0 Å². The van der Waals surface area contributed by atoms with Gasteiger partial charge in [-0.2, -0.15) is 5.26 Å². The maximum absolute atomic E-state index is 8.71. The highest BCUT2D eigenvalue weighted by Crippen LogP contribution is 2.47. The van der Waals surface area contributed by atoms with E-state index >= 15 is 0 Å². The van der Waals surface area contributed by atoms with Crippen molar-refractivity contribution in [3.8, 4) is 6.07 Å². The Labute approximate surface area is 77.9 Å². The molecular weight excluding hydrogens is 165 g/mol. The average Bonchev–Trinajstić information content (AvgIpc) is 1.98. The minimum absolute atomic E-state index is 0.0536. The van der Waals surface area contributed by atoms with Crippen molar-refractivity contribution in [2.24, 2.45) is 5.92 Å². The Morgan fingerprint density at radius 2 is 1.50 bits per heavy atom. The SMILES string of the molecule is CC(C)P(C[C@H](C)C#N)C(C)C. The average molecular weight is 185 g/mol. The molecule has 0 rings (SSSR count). The predicted octanol–water partition coefficient (Wildman–Crippen LogP) is 3.44. The third kappa shape index (κ3) is 4.07. The molecule has 0 aliphatic heterocycles. The molecule has 0 N–H and O–H groups in total. The summed E-state index contributed by atoms with van der Waals surface area (Å²) in [5.74, 6) is 0.237. The highest BCUT2D eigenvalue weighted by Gasteiger charge is 2.18. The van der Waals surface area contributed by atoms with Crippen LogP contribution in [0.1, 0.15) is 34.6 Å². The predicted molar refractivity (Wildman–Crippen MR) is 56.8 cm³/mol. The molecule has 70 valence electrons. The fourth-order valence-corrected chi connectivity index (χ4v) is 4.12. The molecule has 1 nitrogen and oxygen atoms in total. The zero-order valence-electron chi connectivity index (χ0n) is 8.83. The molecule has 0 fully saturated rings. The lowest BCUT2D eigenvalue weighted by molar-refractivity contribution is 0.837. The van der Waals surface area contributed by atoms with Crippen molar-refractivity contribution >= 4 is 7.92 Å². The van der Waals surface area contributed by atoms with Gasteiger partial charge in [-0.1, -0.05) is 27.7 Å². The molecule has 0 spiro atoms. The zero-order valence-corrected chi connectivity index (χ0v) is 9.73. The monoisotopic (exact) mass is 185 g/mol. The number of nitrogens with zero attached hydrogens (tertiary/aromatic N) is 1. The van der Waals surface area contributed by atoms with E-state index in [2.05, 4.69) is 33.8 Å². The molecule has 0 aromatic rings. The minimum atomic E-state index is 0.0536. The summed E-state index contributed by atoms with van der Waals surface area (Å²) < 4.78 is 0. The summed E-state index contributed by atoms with van der Waals surface area (Å²) in [5.41, 5.74) is 1.52. The Morgan fingerprint density at radius 3 is 1.75 bits per heavy atom. The summed E-state index contributed by atoms with van der Waals surface area (Å²) in [7, 11) is 0.0536. The van der Waals surface area contributed by atoms with Gasteiger partial charge in [-0.15, -0.1) is 7.92 Å². The second kappa shape index (κ2) is 5.55. The van der Waals surface area contributed by atoms with Gasteiger partial charge in [0, 0.05) is 5.92 Å². The molecule has 0 aliphatic carbocycles. The fourth-order valence-electron chi connectivity index (χ4n) is 1.37. The van der Waals surface area contributed by atoms with E-state index in [9.17, 15) is 0 Å². The van der Waals surface area contributed by atoms with Crippen molar-refractivity contribution < 1.29 is 0 Å². The first kappa shape index (κ1) is 11.9. The van der Waals surface area contributed by atoms with Crippen LogP contribution in [-0.2, 0) is 0 Å². The minimum Gasteiger partial charge on any atom is -0.198 e. The normalized spacial score (nSPS) is 13.9. The molecule has 0 saturated heterocycles. The van der Waals surface area contributed by atoms with E-state index in [4.69, 9.17) is 5.26 Å². The summed E-state index contributed by atoms with van der Waals surface area (Å²) in [4.78, 5) is 0.